The smallest absolute Gasteiger partial charge is 0.159 e. The van der Waals surface area contributed by atoms with Gasteiger partial charge >= 0.3 is 0 Å². The summed E-state index contributed by atoms with van der Waals surface area (Å²) in [7, 11) is 3.78. The molecule has 0 bridgehead atoms. The predicted molar refractivity (Wildman–Crippen MR) is 74.6 cm³/mol. The first kappa shape index (κ1) is 14.7. The van der Waals surface area contributed by atoms with E-state index >= 15 is 0 Å². The number of hydrogen-bond donors (Lipinski definition) is 1. The maximum Gasteiger partial charge on any atom is 0.159 e. The Balaban J connectivity index is 2.08. The summed E-state index contributed by atoms with van der Waals surface area (Å²) >= 11 is 0. The number of aromatic nitrogens is 2. The van der Waals surface area contributed by atoms with Crippen LogP contribution >= 0.6 is 0 Å². The summed E-state index contributed by atoms with van der Waals surface area (Å²) in [6.45, 7) is 1.95. The molecule has 0 saturated carbocycles. The van der Waals surface area contributed by atoms with Gasteiger partial charge in [-0.05, 0) is 44.2 Å². The van der Waals surface area contributed by atoms with E-state index in [4.69, 9.17) is 0 Å². The highest BCUT2D eigenvalue weighted by molar-refractivity contribution is 5.20. The van der Waals surface area contributed by atoms with Crippen LogP contribution in [0.4, 0.5) is 8.78 Å². The third kappa shape index (κ3) is 3.42. The Bertz CT molecular complexity index is 593. The van der Waals surface area contributed by atoms with E-state index in [1.54, 1.807) is 6.07 Å². The fourth-order valence-electron chi connectivity index (χ4n) is 2.34. The zero-order chi connectivity index (χ0) is 14.7. The Hall–Kier alpha value is -1.75. The Kier molecular flexibility index (Phi) is 4.49. The van der Waals surface area contributed by atoms with Crippen LogP contribution in [0.3, 0.4) is 0 Å². The van der Waals surface area contributed by atoms with Gasteiger partial charge in [-0.25, -0.2) is 8.78 Å². The highest BCUT2D eigenvalue weighted by Crippen LogP contribution is 2.13. The summed E-state index contributed by atoms with van der Waals surface area (Å²) in [5.41, 5.74) is 2.87. The van der Waals surface area contributed by atoms with Crippen LogP contribution in [0.2, 0.25) is 0 Å². The number of hydrogen-bond acceptors (Lipinski definition) is 2. The molecule has 0 amide bonds. The molecule has 0 aliphatic carbocycles. The SMILES string of the molecule is CNC(Cc1ccc(F)c(F)c1)Cc1cc(C)nn1C. The lowest BCUT2D eigenvalue weighted by Gasteiger charge is -2.16. The van der Waals surface area contributed by atoms with Gasteiger partial charge in [-0.15, -0.1) is 0 Å². The molecule has 1 atom stereocenters. The fraction of sp³-hybridized carbons (Fsp3) is 0.400. The minimum Gasteiger partial charge on any atom is -0.316 e. The van der Waals surface area contributed by atoms with E-state index in [-0.39, 0.29) is 6.04 Å². The van der Waals surface area contributed by atoms with E-state index in [1.165, 1.54) is 12.1 Å². The van der Waals surface area contributed by atoms with Crippen LogP contribution in [0.5, 0.6) is 0 Å². The topological polar surface area (TPSA) is 29.9 Å². The van der Waals surface area contributed by atoms with Crippen LogP contribution in [0.25, 0.3) is 0 Å². The molecular formula is C15H19F2N3. The van der Waals surface area contributed by atoms with E-state index in [0.29, 0.717) is 6.42 Å². The minimum absolute atomic E-state index is 0.148. The molecular weight excluding hydrogens is 260 g/mol. The molecule has 2 rings (SSSR count). The summed E-state index contributed by atoms with van der Waals surface area (Å²) in [5.74, 6) is -1.61. The van der Waals surface area contributed by atoms with E-state index in [0.717, 1.165) is 23.4 Å². The number of rotatable bonds is 5. The Labute approximate surface area is 117 Å². The Morgan fingerprint density at radius 2 is 1.95 bits per heavy atom. The highest BCUT2D eigenvalue weighted by Gasteiger charge is 2.13. The third-order valence-electron chi connectivity index (χ3n) is 3.43. The van der Waals surface area contributed by atoms with Gasteiger partial charge < -0.3 is 5.32 Å². The number of aryl methyl sites for hydroxylation is 2. The number of benzene rings is 1. The Morgan fingerprint density at radius 3 is 2.50 bits per heavy atom. The molecule has 5 heteroatoms. The molecule has 0 aliphatic heterocycles. The van der Waals surface area contributed by atoms with Gasteiger partial charge in [0, 0.05) is 25.2 Å². The number of nitrogens with zero attached hydrogens (tertiary/aromatic N) is 2. The standard InChI is InChI=1S/C15H19F2N3/c1-10-6-13(20(3)19-10)9-12(18-2)7-11-4-5-14(16)15(17)8-11/h4-6,8,12,18H,7,9H2,1-3H3. The monoisotopic (exact) mass is 279 g/mol. The van der Waals surface area contributed by atoms with Gasteiger partial charge in [0.15, 0.2) is 11.6 Å². The summed E-state index contributed by atoms with van der Waals surface area (Å²) < 4.78 is 28.0. The van der Waals surface area contributed by atoms with Crippen molar-refractivity contribution in [2.75, 3.05) is 7.05 Å². The van der Waals surface area contributed by atoms with Crippen LogP contribution in [0.15, 0.2) is 24.3 Å². The molecule has 0 saturated heterocycles. The molecule has 0 aliphatic rings. The van der Waals surface area contributed by atoms with Gasteiger partial charge in [0.1, 0.15) is 0 Å². The van der Waals surface area contributed by atoms with Crippen LogP contribution in [0.1, 0.15) is 17.0 Å². The van der Waals surface area contributed by atoms with Crippen LogP contribution in [-0.4, -0.2) is 22.9 Å². The van der Waals surface area contributed by atoms with Crippen molar-refractivity contribution in [3.05, 3.63) is 52.9 Å². The molecule has 0 spiro atoms. The zero-order valence-corrected chi connectivity index (χ0v) is 12.0. The third-order valence-corrected chi connectivity index (χ3v) is 3.43. The number of nitrogens with one attached hydrogen (secondary N) is 1. The summed E-state index contributed by atoms with van der Waals surface area (Å²) in [6.07, 6.45) is 1.42. The Morgan fingerprint density at radius 1 is 1.20 bits per heavy atom. The number of likely N-dealkylation sites (N-methyl/N-ethyl adjacent to an activating group) is 1. The van der Waals surface area contributed by atoms with Crippen molar-refractivity contribution in [2.45, 2.75) is 25.8 Å². The maximum atomic E-state index is 13.2. The van der Waals surface area contributed by atoms with Gasteiger partial charge in [-0.3, -0.25) is 4.68 Å². The lowest BCUT2D eigenvalue weighted by Crippen LogP contribution is -2.30. The summed E-state index contributed by atoms with van der Waals surface area (Å²) in [4.78, 5) is 0. The highest BCUT2D eigenvalue weighted by atomic mass is 19.2. The second-order valence-electron chi connectivity index (χ2n) is 5.04. The molecule has 1 heterocycles. The molecule has 1 aromatic heterocycles. The largest absolute Gasteiger partial charge is 0.316 e. The van der Waals surface area contributed by atoms with Crippen molar-refractivity contribution >= 4 is 0 Å². The first-order valence-corrected chi connectivity index (χ1v) is 6.60. The van der Waals surface area contributed by atoms with Crippen molar-refractivity contribution in [1.29, 1.82) is 0 Å². The van der Waals surface area contributed by atoms with Crippen LogP contribution < -0.4 is 5.32 Å². The van der Waals surface area contributed by atoms with Crippen molar-refractivity contribution in [1.82, 2.24) is 15.1 Å². The molecule has 3 nitrogen and oxygen atoms in total. The lowest BCUT2D eigenvalue weighted by molar-refractivity contribution is 0.501. The molecule has 0 radical (unpaired) electrons. The van der Waals surface area contributed by atoms with E-state index < -0.39 is 11.6 Å². The maximum absolute atomic E-state index is 13.2. The molecule has 108 valence electrons. The van der Waals surface area contributed by atoms with Gasteiger partial charge in [0.2, 0.25) is 0 Å². The summed E-state index contributed by atoms with van der Waals surface area (Å²) in [6, 6.07) is 6.24. The molecule has 1 N–H and O–H groups in total. The normalized spacial score (nSPS) is 12.7. The van der Waals surface area contributed by atoms with Gasteiger partial charge in [0.05, 0.1) is 5.69 Å². The fourth-order valence-corrected chi connectivity index (χ4v) is 2.34. The lowest BCUT2D eigenvalue weighted by atomic mass is 10.0. The van der Waals surface area contributed by atoms with Crippen molar-refractivity contribution < 1.29 is 8.78 Å². The first-order valence-electron chi connectivity index (χ1n) is 6.60. The second-order valence-corrected chi connectivity index (χ2v) is 5.04. The van der Waals surface area contributed by atoms with Gasteiger partial charge in [0.25, 0.3) is 0 Å². The van der Waals surface area contributed by atoms with Crippen molar-refractivity contribution in [2.24, 2.45) is 7.05 Å². The van der Waals surface area contributed by atoms with E-state index in [1.807, 2.05) is 31.8 Å². The average molecular weight is 279 g/mol. The van der Waals surface area contributed by atoms with E-state index in [2.05, 4.69) is 10.4 Å². The van der Waals surface area contributed by atoms with E-state index in [9.17, 15) is 8.78 Å². The van der Waals surface area contributed by atoms with Gasteiger partial charge in [-0.1, -0.05) is 6.07 Å². The first-order chi connectivity index (χ1) is 9.49. The van der Waals surface area contributed by atoms with Crippen LogP contribution in [-0.2, 0) is 19.9 Å². The molecule has 1 unspecified atom stereocenters. The molecule has 0 fully saturated rings. The minimum atomic E-state index is -0.808. The van der Waals surface area contributed by atoms with Gasteiger partial charge in [-0.2, -0.15) is 5.10 Å². The van der Waals surface area contributed by atoms with Crippen molar-refractivity contribution in [3.63, 3.8) is 0 Å². The van der Waals surface area contributed by atoms with Crippen molar-refractivity contribution in [3.8, 4) is 0 Å². The number of halogens is 2. The molecule has 1 aromatic carbocycles. The molecule has 20 heavy (non-hydrogen) atoms. The quantitative estimate of drug-likeness (QED) is 0.910. The van der Waals surface area contributed by atoms with Crippen LogP contribution in [0, 0.1) is 18.6 Å². The summed E-state index contributed by atoms with van der Waals surface area (Å²) in [5, 5.41) is 7.52. The predicted octanol–water partition coefficient (Wildman–Crippen LogP) is 2.38. The average Bonchev–Trinajstić information content (AvgIpc) is 2.71. The molecule has 2 aromatic rings. The zero-order valence-electron chi connectivity index (χ0n) is 12.0. The second kappa shape index (κ2) is 6.13.